The number of carbonyl (C=O) groups excluding carboxylic acids is 17. The summed E-state index contributed by atoms with van der Waals surface area (Å²) in [6, 6.07) is -9.77. The molecule has 0 aliphatic carbocycles. The predicted octanol–water partition coefficient (Wildman–Crippen LogP) is 1.35. The van der Waals surface area contributed by atoms with Crippen LogP contribution < -0.4 is 85.1 Å². The predicted molar refractivity (Wildman–Crippen MR) is 444 cm³/mol. The van der Waals surface area contributed by atoms with Gasteiger partial charge >= 0.3 is 36.4 Å². The molecule has 0 aromatic heterocycles. The van der Waals surface area contributed by atoms with Gasteiger partial charge in [-0.1, -0.05) is 58.0 Å². The van der Waals surface area contributed by atoms with Crippen molar-refractivity contribution in [3.05, 3.63) is 35.9 Å². The molecule has 1 saturated heterocycles. The highest BCUT2D eigenvalue weighted by atomic mass is 16.6. The van der Waals surface area contributed by atoms with Crippen LogP contribution in [0.25, 0.3) is 0 Å². The van der Waals surface area contributed by atoms with Gasteiger partial charge in [-0.15, -0.1) is 0 Å². The normalized spacial score (nSPS) is 20.0. The highest BCUT2D eigenvalue weighted by molar-refractivity contribution is 6.00. The fourth-order valence-corrected chi connectivity index (χ4v) is 11.2. The Hall–Kier alpha value is -10.9. The van der Waals surface area contributed by atoms with Crippen molar-refractivity contribution >= 4 is 101 Å². The Morgan fingerprint density at radius 1 is 0.451 bits per heavy atom. The molecule has 0 bridgehead atoms. The molecule has 18 N–H and O–H groups in total. The van der Waals surface area contributed by atoms with Crippen molar-refractivity contribution in [3.63, 3.8) is 0 Å². The van der Waals surface area contributed by atoms with E-state index in [0.29, 0.717) is 12.0 Å². The molecule has 4 unspecified atom stereocenters. The Morgan fingerprint density at radius 3 is 1.23 bits per heavy atom. The van der Waals surface area contributed by atoms with Crippen LogP contribution in [0.4, 0.5) is 24.0 Å². The Bertz CT molecular complexity index is 3680. The highest BCUT2D eigenvalue weighted by Gasteiger charge is 2.40. The van der Waals surface area contributed by atoms with Crippen LogP contribution >= 0.6 is 0 Å². The maximum Gasteiger partial charge on any atom is 0.407 e. The van der Waals surface area contributed by atoms with Crippen molar-refractivity contribution in [2.24, 2.45) is 11.8 Å². The van der Waals surface area contributed by atoms with E-state index in [1.807, 2.05) is 0 Å². The van der Waals surface area contributed by atoms with Gasteiger partial charge in [-0.3, -0.25) is 57.5 Å². The second-order valence-electron chi connectivity index (χ2n) is 35.2. The summed E-state index contributed by atoms with van der Waals surface area (Å²) in [7, 11) is 0. The fourth-order valence-electron chi connectivity index (χ4n) is 11.2. The zero-order valence-electron chi connectivity index (χ0n) is 74.6. The van der Waals surface area contributed by atoms with E-state index in [1.54, 1.807) is 162 Å². The van der Waals surface area contributed by atoms with E-state index in [4.69, 9.17) is 28.4 Å². The summed E-state index contributed by atoms with van der Waals surface area (Å²) in [4.78, 5) is 241. The lowest BCUT2D eigenvalue weighted by Gasteiger charge is -2.29. The highest BCUT2D eigenvalue weighted by Crippen LogP contribution is 2.17. The van der Waals surface area contributed by atoms with Crippen LogP contribution in [0.15, 0.2) is 30.3 Å². The summed E-state index contributed by atoms with van der Waals surface area (Å²) in [6.45, 7) is 31.5. The van der Waals surface area contributed by atoms with Crippen molar-refractivity contribution in [1.29, 1.82) is 0 Å². The van der Waals surface area contributed by atoms with E-state index in [9.17, 15) is 72.5 Å². The summed E-state index contributed by atoms with van der Waals surface area (Å²) < 4.78 is 32.3. The van der Waals surface area contributed by atoms with Gasteiger partial charge in [0, 0.05) is 52.1 Å². The first-order valence-corrected chi connectivity index (χ1v) is 41.1. The zero-order chi connectivity index (χ0) is 93.0. The first kappa shape index (κ1) is 107. The molecule has 1 aliphatic rings. The number of ether oxygens (including phenoxy) is 6. The minimum atomic E-state index is -2.03. The second kappa shape index (κ2) is 50.5. The number of aliphatic hydroxyl groups is 2. The molecule has 0 saturated carbocycles. The Morgan fingerprint density at radius 2 is 0.828 bits per heavy atom. The first-order chi connectivity index (χ1) is 56.3. The number of hydrogen-bond donors (Lipinski definition) is 18. The second-order valence-corrected chi connectivity index (χ2v) is 35.2. The van der Waals surface area contributed by atoms with Crippen LogP contribution in [0.2, 0.25) is 0 Å². The molecule has 41 nitrogen and oxygen atoms in total. The van der Waals surface area contributed by atoms with E-state index < -0.39 is 285 Å². The van der Waals surface area contributed by atoms with Crippen LogP contribution in [-0.4, -0.2) is 258 Å². The van der Waals surface area contributed by atoms with Gasteiger partial charge in [-0.25, -0.2) is 24.0 Å². The number of hydrogen-bond acceptors (Lipinski definition) is 25. The van der Waals surface area contributed by atoms with Gasteiger partial charge in [-0.05, 0) is 187 Å². The molecule has 1 fully saturated rings. The number of aliphatic hydroxyl groups excluding tert-OH is 2. The molecule has 1 aliphatic heterocycles. The number of alkyl carbamates (subject to hydrolysis) is 5. The van der Waals surface area contributed by atoms with Crippen LogP contribution in [-0.2, 0) is 92.4 Å². The molecule has 1 heterocycles. The molecular formula is C81H136N16O25. The van der Waals surface area contributed by atoms with Gasteiger partial charge in [0.15, 0.2) is 0 Å². The van der Waals surface area contributed by atoms with E-state index in [2.05, 4.69) is 85.1 Å². The first-order valence-electron chi connectivity index (χ1n) is 41.1. The summed E-state index contributed by atoms with van der Waals surface area (Å²) in [6.07, 6.45) is -12.4. The topological polar surface area (TPSA) is 579 Å². The minimum Gasteiger partial charge on any atom is -0.462 e. The maximum atomic E-state index is 15.4. The molecule has 690 valence electrons. The average molecular weight is 1730 g/mol. The van der Waals surface area contributed by atoms with Crippen LogP contribution in [0.5, 0.6) is 0 Å². The lowest BCUT2D eigenvalue weighted by Crippen LogP contribution is -2.62. The van der Waals surface area contributed by atoms with Crippen molar-refractivity contribution in [2.45, 2.75) is 323 Å². The third-order valence-electron chi connectivity index (χ3n) is 17.2. The Kier molecular flexibility index (Phi) is 44.4. The smallest absolute Gasteiger partial charge is 0.407 e. The van der Waals surface area contributed by atoms with Crippen molar-refractivity contribution < 1.29 is 120 Å². The van der Waals surface area contributed by atoms with E-state index in [1.165, 1.54) is 6.92 Å². The van der Waals surface area contributed by atoms with Crippen molar-refractivity contribution in [1.82, 2.24) is 85.1 Å². The third kappa shape index (κ3) is 45.1. The van der Waals surface area contributed by atoms with Gasteiger partial charge in [-0.2, -0.15) is 0 Å². The Labute approximate surface area is 714 Å². The van der Waals surface area contributed by atoms with Gasteiger partial charge in [0.05, 0.1) is 24.2 Å². The van der Waals surface area contributed by atoms with E-state index >= 15 is 19.2 Å². The van der Waals surface area contributed by atoms with Gasteiger partial charge in [0.1, 0.15) is 88.4 Å². The average Bonchev–Trinajstić information content (AvgIpc) is 0.879. The third-order valence-corrected chi connectivity index (χ3v) is 17.2. The molecule has 2 rings (SSSR count). The molecule has 41 heteroatoms. The fraction of sp³-hybridized carbons (Fsp3) is 0.716. The summed E-state index contributed by atoms with van der Waals surface area (Å²) in [5, 5.41) is 62.8. The van der Waals surface area contributed by atoms with Crippen LogP contribution in [0.1, 0.15) is 216 Å². The quantitative estimate of drug-likeness (QED) is 0.0349. The SMILES string of the molecule is CCC(C)OC(=O)C(C)CC(=O)N[C@@H](CCNC(=O)OC(C)(C)C)C(=O)N[C@H](C(=O)N[C@@H](CCNC(=O)OC(C)(C)C)C(=O)N[C@H]1CCNC(=O)[C@H](C(C)O)NC(=O)[C@H](CCNC(=O)OC(C)(C)C)NC(=O)[C@H](CCNC(=O)OC(C)(C)C)NC(=O)[C@H](CC(C)C)NC(=O)[C@@H](Cc2ccccc2)NC(=O)[C@H](CCNC(=O)OC(C)(C)C)NC1=O)C(C)O. The van der Waals surface area contributed by atoms with Gasteiger partial charge in [0.2, 0.25) is 65.0 Å². The van der Waals surface area contributed by atoms with Gasteiger partial charge < -0.3 is 124 Å². The molecule has 14 atom stereocenters. The van der Waals surface area contributed by atoms with Crippen LogP contribution in [0.3, 0.4) is 0 Å². The number of carbonyl (C=O) groups is 17. The van der Waals surface area contributed by atoms with E-state index in [-0.39, 0.29) is 32.4 Å². The lowest BCUT2D eigenvalue weighted by molar-refractivity contribution is -0.154. The van der Waals surface area contributed by atoms with Crippen LogP contribution in [0, 0.1) is 11.8 Å². The number of amides is 16. The Balaban J connectivity index is 3.13. The number of esters is 1. The maximum absolute atomic E-state index is 15.4. The molecule has 1 aromatic carbocycles. The molecule has 16 amide bonds. The van der Waals surface area contributed by atoms with Crippen molar-refractivity contribution in [2.75, 3.05) is 39.3 Å². The molecular weight excluding hydrogens is 1600 g/mol. The molecule has 0 spiro atoms. The minimum absolute atomic E-state index is 0.136. The molecule has 122 heavy (non-hydrogen) atoms. The number of benzene rings is 1. The number of nitrogens with one attached hydrogen (secondary N) is 16. The number of rotatable bonds is 33. The standard InChI is InChI=1S/C81H136N16O25/c1-23-46(5)117-71(111)45(4)42-58(100)88-50(30-36-83-72(112)118-77(8,9)10)65(105)97-60(48(7)99)70(110)93-54(33-39-86-75(115)121-80(17,18)19)63(103)89-51-29-35-82-69(109)59(47(6)98)96-66(106)55(34-40-87-76(116)122-81(20,21)22)91-62(102)52(31-37-84-73(113)119-78(11,12)13)92-67(107)56(41-44(2)3)94-68(108)57(43-49-27-25-24-26-28-49)95-64(104)53(90-61(51)101)32-38-85-74(114)120-79(14,15)16/h24-28,44-48,50-57,59-60,98-99H,23,29-43H2,1-22H3,(H,82,109)(H,83,112)(H,84,113)(H,85,114)(H,86,115)(H,87,116)(H,88,100)(H,89,103)(H,90,101)(H,91,102)(H,92,107)(H,93,110)(H,94,108)(H,95,104)(H,96,106)(H,97,105)/t45?,46?,47?,48?,50-,51-,52-,53-,54-,55-,56-,57+,59-,60-/m0/s1. The molecule has 0 radical (unpaired) electrons. The molecule has 1 aromatic rings. The summed E-state index contributed by atoms with van der Waals surface area (Å²) >= 11 is 0. The van der Waals surface area contributed by atoms with Gasteiger partial charge in [0.25, 0.3) is 0 Å². The largest absolute Gasteiger partial charge is 0.462 e. The zero-order valence-corrected chi connectivity index (χ0v) is 74.6. The van der Waals surface area contributed by atoms with Crippen molar-refractivity contribution in [3.8, 4) is 0 Å². The van der Waals surface area contributed by atoms with E-state index in [0.717, 1.165) is 13.8 Å². The lowest BCUT2D eigenvalue weighted by atomic mass is 10.00. The summed E-state index contributed by atoms with van der Waals surface area (Å²) in [5.74, 6) is -14.5. The summed E-state index contributed by atoms with van der Waals surface area (Å²) in [5.41, 5.74) is -4.60. The monoisotopic (exact) mass is 1730 g/mol.